The van der Waals surface area contributed by atoms with Gasteiger partial charge in [0.1, 0.15) is 11.6 Å². The van der Waals surface area contributed by atoms with Crippen molar-refractivity contribution in [2.75, 3.05) is 5.73 Å². The zero-order chi connectivity index (χ0) is 17.6. The van der Waals surface area contributed by atoms with Crippen LogP contribution in [-0.2, 0) is 19.5 Å². The number of aromatic nitrogens is 4. The van der Waals surface area contributed by atoms with Crippen molar-refractivity contribution in [3.05, 3.63) is 71.4 Å². The van der Waals surface area contributed by atoms with Crippen LogP contribution < -0.4 is 11.1 Å². The van der Waals surface area contributed by atoms with Crippen LogP contribution >= 0.6 is 0 Å². The molecular formula is C18H20N6O. The van der Waals surface area contributed by atoms with Crippen LogP contribution in [0.1, 0.15) is 34.4 Å². The highest BCUT2D eigenvalue weighted by molar-refractivity contribution is 5.95. The number of hydrogen-bond acceptors (Lipinski definition) is 5. The predicted octanol–water partition coefficient (Wildman–Crippen LogP) is 1.80. The van der Waals surface area contributed by atoms with E-state index in [0.29, 0.717) is 30.2 Å². The first-order valence-electron chi connectivity index (χ1n) is 8.11. The van der Waals surface area contributed by atoms with Crippen molar-refractivity contribution in [2.24, 2.45) is 0 Å². The largest absolute Gasteiger partial charge is 0.384 e. The van der Waals surface area contributed by atoms with Crippen molar-refractivity contribution in [1.82, 2.24) is 25.1 Å². The third-order valence-corrected chi connectivity index (χ3v) is 3.84. The summed E-state index contributed by atoms with van der Waals surface area (Å²) in [5.41, 5.74) is 8.23. The maximum Gasteiger partial charge on any atom is 0.255 e. The molecule has 0 saturated heterocycles. The fourth-order valence-electron chi connectivity index (χ4n) is 2.62. The number of carbonyl (C=O) groups excluding carboxylic acids is 1. The summed E-state index contributed by atoms with van der Waals surface area (Å²) in [4.78, 5) is 20.7. The molecule has 2 aromatic heterocycles. The van der Waals surface area contributed by atoms with E-state index in [2.05, 4.69) is 20.4 Å². The van der Waals surface area contributed by atoms with E-state index in [-0.39, 0.29) is 12.5 Å². The first-order valence-corrected chi connectivity index (χ1v) is 8.11. The normalized spacial score (nSPS) is 10.6. The van der Waals surface area contributed by atoms with Gasteiger partial charge in [-0.15, -0.1) is 0 Å². The Hall–Kier alpha value is -3.22. The smallest absolute Gasteiger partial charge is 0.255 e. The number of rotatable bonds is 6. The van der Waals surface area contributed by atoms with Crippen LogP contribution in [-0.4, -0.2) is 25.7 Å². The van der Waals surface area contributed by atoms with Gasteiger partial charge in [0.2, 0.25) is 0 Å². The quantitative estimate of drug-likeness (QED) is 0.715. The monoisotopic (exact) mass is 336 g/mol. The van der Waals surface area contributed by atoms with E-state index in [0.717, 1.165) is 11.3 Å². The number of carbonyl (C=O) groups is 1. The maximum atomic E-state index is 12.5. The Labute approximate surface area is 145 Å². The Kier molecular flexibility index (Phi) is 5.03. The van der Waals surface area contributed by atoms with Gasteiger partial charge in [0, 0.05) is 6.20 Å². The number of nitrogens with one attached hydrogen (secondary N) is 1. The molecule has 1 amide bonds. The van der Waals surface area contributed by atoms with E-state index in [1.807, 2.05) is 41.9 Å². The van der Waals surface area contributed by atoms with Gasteiger partial charge in [0.25, 0.3) is 5.91 Å². The fraction of sp³-hybridized carbons (Fsp3) is 0.222. The maximum absolute atomic E-state index is 12.5. The Morgan fingerprint density at radius 1 is 1.24 bits per heavy atom. The van der Waals surface area contributed by atoms with Gasteiger partial charge in [-0.25, -0.2) is 9.97 Å². The van der Waals surface area contributed by atoms with E-state index in [1.165, 1.54) is 0 Å². The number of anilines is 1. The highest BCUT2D eigenvalue weighted by Gasteiger charge is 2.16. The molecule has 0 spiro atoms. The number of benzene rings is 1. The average Bonchev–Trinajstić information content (AvgIpc) is 3.03. The summed E-state index contributed by atoms with van der Waals surface area (Å²) in [6.45, 7) is 2.86. The molecule has 1 aromatic carbocycles. The van der Waals surface area contributed by atoms with Gasteiger partial charge in [-0.3, -0.25) is 9.48 Å². The molecule has 2 heterocycles. The van der Waals surface area contributed by atoms with Crippen molar-refractivity contribution < 1.29 is 4.79 Å². The zero-order valence-corrected chi connectivity index (χ0v) is 14.0. The van der Waals surface area contributed by atoms with Gasteiger partial charge in [0.05, 0.1) is 30.5 Å². The first kappa shape index (κ1) is 16.6. The predicted molar refractivity (Wildman–Crippen MR) is 94.8 cm³/mol. The molecule has 0 bridgehead atoms. The van der Waals surface area contributed by atoms with Crippen LogP contribution in [0.25, 0.3) is 0 Å². The van der Waals surface area contributed by atoms with Crippen LogP contribution in [0.2, 0.25) is 0 Å². The zero-order valence-electron chi connectivity index (χ0n) is 14.0. The van der Waals surface area contributed by atoms with Crippen molar-refractivity contribution in [3.8, 4) is 0 Å². The lowest BCUT2D eigenvalue weighted by Crippen LogP contribution is -2.25. The number of amides is 1. The summed E-state index contributed by atoms with van der Waals surface area (Å²) in [5.74, 6) is 0.662. The van der Waals surface area contributed by atoms with Crippen LogP contribution in [0.4, 0.5) is 5.82 Å². The lowest BCUT2D eigenvalue weighted by Gasteiger charge is -2.08. The fourth-order valence-corrected chi connectivity index (χ4v) is 2.62. The van der Waals surface area contributed by atoms with E-state index in [9.17, 15) is 4.79 Å². The summed E-state index contributed by atoms with van der Waals surface area (Å²) in [5, 5.41) is 7.20. The summed E-state index contributed by atoms with van der Waals surface area (Å²) < 4.78 is 1.86. The van der Waals surface area contributed by atoms with Crippen LogP contribution in [0.5, 0.6) is 0 Å². The van der Waals surface area contributed by atoms with E-state index in [4.69, 9.17) is 5.73 Å². The van der Waals surface area contributed by atoms with E-state index < -0.39 is 0 Å². The highest BCUT2D eigenvalue weighted by Crippen LogP contribution is 2.12. The van der Waals surface area contributed by atoms with Gasteiger partial charge in [0.15, 0.2) is 0 Å². The lowest BCUT2D eigenvalue weighted by molar-refractivity contribution is 0.0949. The summed E-state index contributed by atoms with van der Waals surface area (Å²) in [6.07, 6.45) is 3.89. The van der Waals surface area contributed by atoms with Gasteiger partial charge in [-0.05, 0) is 18.1 Å². The number of hydrogen-bond donors (Lipinski definition) is 2. The van der Waals surface area contributed by atoms with E-state index >= 15 is 0 Å². The number of nitrogen functional groups attached to an aromatic ring is 1. The average molecular weight is 336 g/mol. The Morgan fingerprint density at radius 2 is 2.04 bits per heavy atom. The van der Waals surface area contributed by atoms with Gasteiger partial charge >= 0.3 is 0 Å². The number of nitrogens with zero attached hydrogens (tertiary/aromatic N) is 4. The Bertz CT molecular complexity index is 859. The molecule has 0 aliphatic heterocycles. The molecule has 3 aromatic rings. The molecular weight excluding hydrogens is 316 g/mol. The minimum absolute atomic E-state index is 0.192. The van der Waals surface area contributed by atoms with Gasteiger partial charge in [-0.2, -0.15) is 5.10 Å². The first-order chi connectivity index (χ1) is 12.2. The van der Waals surface area contributed by atoms with Crippen LogP contribution in [0.3, 0.4) is 0 Å². The molecule has 3 rings (SSSR count). The van der Waals surface area contributed by atoms with Crippen molar-refractivity contribution in [3.63, 3.8) is 0 Å². The molecule has 0 saturated carbocycles. The Balaban J connectivity index is 1.72. The molecule has 3 N–H and O–H groups in total. The van der Waals surface area contributed by atoms with Crippen LogP contribution in [0.15, 0.2) is 48.8 Å². The molecule has 0 atom stereocenters. The SMILES string of the molecule is CCc1c(C(=O)NCc2nccc(N)n2)cnn1Cc1ccccc1. The van der Waals surface area contributed by atoms with Crippen LogP contribution in [0, 0.1) is 0 Å². The molecule has 7 heteroatoms. The standard InChI is InChI=1S/C18H20N6O/c1-2-15-14(10-22-24(15)12-13-6-4-3-5-7-13)18(25)21-11-17-20-9-8-16(19)23-17/h3-10H,2,11-12H2,1H3,(H,21,25)(H2,19,20,23). The molecule has 7 nitrogen and oxygen atoms in total. The van der Waals surface area contributed by atoms with Crippen molar-refractivity contribution in [2.45, 2.75) is 26.4 Å². The summed E-state index contributed by atoms with van der Waals surface area (Å²) in [7, 11) is 0. The number of nitrogens with two attached hydrogens (primary N) is 1. The second-order valence-electron chi connectivity index (χ2n) is 5.58. The lowest BCUT2D eigenvalue weighted by atomic mass is 10.1. The summed E-state index contributed by atoms with van der Waals surface area (Å²) >= 11 is 0. The van der Waals surface area contributed by atoms with Crippen molar-refractivity contribution in [1.29, 1.82) is 0 Å². The second-order valence-corrected chi connectivity index (χ2v) is 5.58. The molecule has 0 aliphatic rings. The Morgan fingerprint density at radius 3 is 2.76 bits per heavy atom. The molecule has 0 fully saturated rings. The second kappa shape index (κ2) is 7.57. The highest BCUT2D eigenvalue weighted by atomic mass is 16.1. The molecule has 0 aliphatic carbocycles. The third kappa shape index (κ3) is 4.00. The minimum atomic E-state index is -0.192. The van der Waals surface area contributed by atoms with Gasteiger partial charge in [-0.1, -0.05) is 37.3 Å². The topological polar surface area (TPSA) is 98.7 Å². The molecule has 128 valence electrons. The van der Waals surface area contributed by atoms with Crippen molar-refractivity contribution >= 4 is 11.7 Å². The van der Waals surface area contributed by atoms with Gasteiger partial charge < -0.3 is 11.1 Å². The molecule has 0 radical (unpaired) electrons. The molecule has 0 unspecified atom stereocenters. The van der Waals surface area contributed by atoms with E-state index in [1.54, 1.807) is 18.5 Å². The third-order valence-electron chi connectivity index (χ3n) is 3.84. The molecule has 25 heavy (non-hydrogen) atoms. The summed E-state index contributed by atoms with van der Waals surface area (Å²) in [6, 6.07) is 11.6. The minimum Gasteiger partial charge on any atom is -0.384 e.